The first-order chi connectivity index (χ1) is 56.0. The lowest BCUT2D eigenvalue weighted by Gasteiger charge is -2.63. The standard InChI is InChI=1S/C83H108F2N10O22/c1-6-12-73-116-67-42-58-59-41-61(84)60-39-53(96)26-28-80(60,4)82(59,85)65(97)43-81(58,5)83(67,117-73)66(98)47-114-48-90-70(101)44-89-79(109)115-46-50-18-20-52(21-19-50)91-75(105)62(16-11-29-88-78(86)108)93-77(107)74(49(2)3)94-76(106)63(22-25-72(103)104)92-69(100)27-31-110-33-35-112-37-38-113-36-34-111-32-30-87-68(99)23-24-71(102)95-45-51-13-7-8-14-54(51)56-40-57(56)55-15-9-10-17-64(55)95/h7-10,13-15,17-21,26,28,39-40,49,57-59,61-63,65,67,73-74,97H,6,11-12,16,22-25,27,29-38,41-48H2,1-5H3,(H,87,99)(H,89,109)(H,90,101)(H,91,105)(H,92,100)(H,93,107)(H,94,106)(H,103,104)(H3,86,88,108)/t57?,58-,59-,61-,62-,63+,65-,67+,73?,74-,80-,81-,82-,83+/m0/s1. The molecule has 3 saturated carbocycles. The molecule has 32 nitrogen and oxygen atoms in total. The molecule has 636 valence electrons. The molecule has 117 heavy (non-hydrogen) atoms. The number of alkyl halides is 2. The van der Waals surface area contributed by atoms with Crippen LogP contribution >= 0.6 is 0 Å². The van der Waals surface area contributed by atoms with E-state index in [0.29, 0.717) is 24.9 Å². The molecule has 4 fully saturated rings. The van der Waals surface area contributed by atoms with Gasteiger partial charge in [-0.1, -0.05) is 101 Å². The lowest BCUT2D eigenvalue weighted by Crippen LogP contribution is -2.71. The predicted octanol–water partition coefficient (Wildman–Crippen LogP) is 5.22. The van der Waals surface area contributed by atoms with E-state index in [1.807, 2.05) is 49.4 Å². The highest BCUT2D eigenvalue weighted by Crippen LogP contribution is 2.72. The van der Waals surface area contributed by atoms with E-state index in [-0.39, 0.29) is 159 Å². The van der Waals surface area contributed by atoms with Crippen molar-refractivity contribution in [1.82, 2.24) is 37.2 Å². The maximum Gasteiger partial charge on any atom is 0.407 e. The maximum absolute atomic E-state index is 17.9. The van der Waals surface area contributed by atoms with Gasteiger partial charge in [0.1, 0.15) is 50.8 Å². The van der Waals surface area contributed by atoms with Crippen LogP contribution in [0.2, 0.25) is 0 Å². The highest BCUT2D eigenvalue weighted by molar-refractivity contribution is 6.02. The second-order valence-electron chi connectivity index (χ2n) is 31.0. The third-order valence-corrected chi connectivity index (χ3v) is 22.9. The summed E-state index contributed by atoms with van der Waals surface area (Å²) in [7, 11) is 0. The number of ketones is 2. The van der Waals surface area contributed by atoms with Crippen molar-refractivity contribution in [3.05, 3.63) is 125 Å². The Morgan fingerprint density at radius 3 is 2.12 bits per heavy atom. The van der Waals surface area contributed by atoms with E-state index >= 15 is 8.78 Å². The largest absolute Gasteiger partial charge is 0.481 e. The number of ether oxygens (including phenoxy) is 8. The number of Topliss-reactive ketones (excluding diaryl/α,β-unsaturated/α-hetero) is 1. The van der Waals surface area contributed by atoms with E-state index in [1.54, 1.807) is 25.7 Å². The average molecular weight is 1640 g/mol. The van der Waals surface area contributed by atoms with Crippen LogP contribution in [0.5, 0.6) is 0 Å². The number of rotatable bonds is 44. The molecule has 2 aliphatic heterocycles. The summed E-state index contributed by atoms with van der Waals surface area (Å²) in [6, 6.07) is 17.2. The number of aliphatic hydroxyl groups excluding tert-OH is 1. The van der Waals surface area contributed by atoms with Gasteiger partial charge in [0.15, 0.2) is 29.1 Å². The van der Waals surface area contributed by atoms with Gasteiger partial charge >= 0.3 is 18.1 Å². The number of hydrogen-bond donors (Lipinski definition) is 11. The lowest BCUT2D eigenvalue weighted by molar-refractivity contribution is -0.235. The number of amides is 10. The van der Waals surface area contributed by atoms with Gasteiger partial charge in [0.2, 0.25) is 41.4 Å². The number of nitrogens with zero attached hydrogens (tertiary/aromatic N) is 1. The minimum Gasteiger partial charge on any atom is -0.481 e. The van der Waals surface area contributed by atoms with Crippen molar-refractivity contribution in [2.75, 3.05) is 96.0 Å². The number of benzene rings is 3. The van der Waals surface area contributed by atoms with Gasteiger partial charge in [0.25, 0.3) is 0 Å². The van der Waals surface area contributed by atoms with E-state index in [4.69, 9.17) is 43.6 Å². The number of nitrogens with one attached hydrogen (secondary N) is 8. The number of nitrogens with two attached hydrogens (primary N) is 1. The van der Waals surface area contributed by atoms with Crippen LogP contribution in [0.1, 0.15) is 140 Å². The third-order valence-electron chi connectivity index (χ3n) is 22.9. The molecular weight excluding hydrogens is 1530 g/mol. The Kier molecular flexibility index (Phi) is 31.3. The molecule has 0 bridgehead atoms. The molecule has 7 aliphatic rings. The molecular formula is C83H108F2N10O22. The molecule has 2 heterocycles. The van der Waals surface area contributed by atoms with Gasteiger partial charge in [0, 0.05) is 72.8 Å². The minimum absolute atomic E-state index is 0.0257. The lowest BCUT2D eigenvalue weighted by atomic mass is 9.44. The van der Waals surface area contributed by atoms with Crippen molar-refractivity contribution >= 4 is 88.0 Å². The molecule has 14 atom stereocenters. The molecule has 5 aliphatic carbocycles. The van der Waals surface area contributed by atoms with E-state index < -0.39 is 168 Å². The number of anilines is 2. The Balaban J connectivity index is 0.589. The summed E-state index contributed by atoms with van der Waals surface area (Å²) in [5, 5.41) is 41.9. The number of aliphatic carboxylic acids is 1. The molecule has 34 heteroatoms. The number of alkyl carbamates (subject to hydrolysis) is 1. The van der Waals surface area contributed by atoms with Gasteiger partial charge in [-0.25, -0.2) is 18.4 Å². The average Bonchev–Trinajstić information content (AvgIpc) is 1.54. The van der Waals surface area contributed by atoms with Crippen LogP contribution in [0.25, 0.3) is 5.57 Å². The molecule has 12 N–H and O–H groups in total. The number of carboxylic acid groups (broad SMARTS) is 1. The van der Waals surface area contributed by atoms with Crippen molar-refractivity contribution < 1.29 is 114 Å². The zero-order valence-electron chi connectivity index (χ0n) is 66.5. The molecule has 2 unspecified atom stereocenters. The number of para-hydroxylation sites is 1. The summed E-state index contributed by atoms with van der Waals surface area (Å²) in [6.45, 7) is 8.55. The fourth-order valence-electron chi connectivity index (χ4n) is 16.9. The molecule has 10 amide bonds. The maximum atomic E-state index is 17.9. The van der Waals surface area contributed by atoms with Crippen LogP contribution in [-0.2, 0) is 99.0 Å². The van der Waals surface area contributed by atoms with Crippen LogP contribution in [0.15, 0.2) is 103 Å². The van der Waals surface area contributed by atoms with Gasteiger partial charge in [-0.3, -0.25) is 47.9 Å². The monoisotopic (exact) mass is 1630 g/mol. The van der Waals surface area contributed by atoms with Crippen molar-refractivity contribution in [2.24, 2.45) is 34.3 Å². The quantitative estimate of drug-likeness (QED) is 0.0255. The number of fused-ring (bicyclic) bond motifs is 12. The fourth-order valence-corrected chi connectivity index (χ4v) is 16.9. The van der Waals surface area contributed by atoms with Crippen molar-refractivity contribution in [1.29, 1.82) is 0 Å². The summed E-state index contributed by atoms with van der Waals surface area (Å²) in [6.07, 6.45) is -0.498. The molecule has 10 rings (SSSR count). The summed E-state index contributed by atoms with van der Waals surface area (Å²) in [5.74, 6) is -8.68. The molecule has 0 spiro atoms. The molecule has 3 aromatic rings. The molecule has 3 aromatic carbocycles. The van der Waals surface area contributed by atoms with Gasteiger partial charge in [0.05, 0.1) is 71.6 Å². The van der Waals surface area contributed by atoms with E-state index in [9.17, 15) is 67.7 Å². The molecule has 0 radical (unpaired) electrons. The van der Waals surface area contributed by atoms with Crippen LogP contribution in [-0.4, -0.2) is 221 Å². The van der Waals surface area contributed by atoms with Crippen molar-refractivity contribution in [2.45, 2.75) is 185 Å². The SMILES string of the molecule is CCCC1O[C@@H]2C[C@H]3[C@@H]4C[C@H](F)C5=CC(=O)C=C[C@]5(C)[C@@]4(F)[C@@H](O)C[C@]3(C)[C@]2(C(=O)COCNC(=O)CNC(=O)OCc2ccc(NC(=O)[C@H](CCCNC(N)=O)NC(=O)[C@@H](NC(=O)[C@@H](CCC(=O)O)NC(=O)CCOCCOCCOCCOCCNC(=O)CCC(=O)N3Cc4ccccc4C4=CC4c4ccccc43)C(C)C)cc2)O1. The van der Waals surface area contributed by atoms with E-state index in [1.165, 1.54) is 48.9 Å². The predicted molar refractivity (Wildman–Crippen MR) is 418 cm³/mol. The zero-order valence-corrected chi connectivity index (χ0v) is 66.5. The highest BCUT2D eigenvalue weighted by Gasteiger charge is 2.80. The van der Waals surface area contributed by atoms with Gasteiger partial charge in [-0.2, -0.15) is 0 Å². The van der Waals surface area contributed by atoms with Crippen molar-refractivity contribution in [3.8, 4) is 0 Å². The number of halogens is 2. The minimum atomic E-state index is -2.39. The van der Waals surface area contributed by atoms with E-state index in [2.05, 4.69) is 54.7 Å². The number of hydrogen-bond acceptors (Lipinski definition) is 21. The Labute approximate surface area is 676 Å². The summed E-state index contributed by atoms with van der Waals surface area (Å²) < 4.78 is 80.1. The Morgan fingerprint density at radius 1 is 0.718 bits per heavy atom. The number of carbonyl (C=O) groups is 12. The second kappa shape index (κ2) is 41.0. The first kappa shape index (κ1) is 89.4. The number of primary amides is 1. The third kappa shape index (κ3) is 21.9. The Hall–Kier alpha value is -9.94. The molecule has 1 saturated heterocycles. The van der Waals surface area contributed by atoms with Gasteiger partial charge < -0.3 is 101 Å². The number of aliphatic hydroxyl groups is 1. The first-order valence-electron chi connectivity index (χ1n) is 39.9. The van der Waals surface area contributed by atoms with Gasteiger partial charge in [-0.05, 0) is 127 Å². The highest BCUT2D eigenvalue weighted by atomic mass is 19.1. The zero-order chi connectivity index (χ0) is 84.2. The van der Waals surface area contributed by atoms with Crippen LogP contribution in [0.4, 0.5) is 29.7 Å². The number of urea groups is 1. The number of carboxylic acids is 1. The first-order valence-corrected chi connectivity index (χ1v) is 39.9. The smallest absolute Gasteiger partial charge is 0.407 e. The van der Waals surface area contributed by atoms with Crippen molar-refractivity contribution in [3.63, 3.8) is 0 Å². The number of allylic oxidation sites excluding steroid dienone is 6. The van der Waals surface area contributed by atoms with Crippen LogP contribution < -0.4 is 53.2 Å². The summed E-state index contributed by atoms with van der Waals surface area (Å²) in [4.78, 5) is 159. The second-order valence-corrected chi connectivity index (χ2v) is 31.0. The Morgan fingerprint density at radius 2 is 1.41 bits per heavy atom. The molecule has 0 aromatic heterocycles. The van der Waals surface area contributed by atoms with Crippen LogP contribution in [0, 0.1) is 28.6 Å². The van der Waals surface area contributed by atoms with Gasteiger partial charge in [-0.15, -0.1) is 0 Å². The normalized spacial score (nSPS) is 25.0. The fraction of sp³-hybridized carbons (Fsp3) is 0.566. The topological polar surface area (TPSA) is 445 Å². The summed E-state index contributed by atoms with van der Waals surface area (Å²) >= 11 is 0. The van der Waals surface area contributed by atoms with Crippen LogP contribution in [0.3, 0.4) is 0 Å². The Bertz CT molecular complexity index is 4210. The summed E-state index contributed by atoms with van der Waals surface area (Å²) in [5.41, 5.74) is 4.30. The number of carbonyl (C=O) groups excluding carboxylic acids is 11. The van der Waals surface area contributed by atoms with E-state index in [0.717, 1.165) is 28.5 Å².